The lowest BCUT2D eigenvalue weighted by Crippen LogP contribution is -2.22. The summed E-state index contributed by atoms with van der Waals surface area (Å²) < 4.78 is 5.98. The molecule has 138 valence electrons. The molecule has 0 atom stereocenters. The standard InChI is InChI=1S/C23H40O/c1-3-5-7-19-24-23-17-15-22(16-18-23)14-13-21-11-9-20(10-12-21)8-6-4-2/h4-5,7,20-23H,2-3,6,8-19H2,1H3/b7-5+/t20-,21-,22-,23-. The highest BCUT2D eigenvalue weighted by Crippen LogP contribution is 2.37. The van der Waals surface area contributed by atoms with Crippen molar-refractivity contribution in [3.8, 4) is 0 Å². The summed E-state index contributed by atoms with van der Waals surface area (Å²) in [6, 6.07) is 0. The van der Waals surface area contributed by atoms with Crippen molar-refractivity contribution >= 4 is 0 Å². The van der Waals surface area contributed by atoms with Gasteiger partial charge in [-0.1, -0.05) is 63.7 Å². The van der Waals surface area contributed by atoms with Crippen molar-refractivity contribution in [1.29, 1.82) is 0 Å². The average molecular weight is 333 g/mol. The van der Waals surface area contributed by atoms with E-state index in [0.717, 1.165) is 30.8 Å². The quantitative estimate of drug-likeness (QED) is 0.388. The second-order valence-electron chi connectivity index (χ2n) is 8.19. The number of hydrogen-bond acceptors (Lipinski definition) is 1. The van der Waals surface area contributed by atoms with Crippen LogP contribution in [0.4, 0.5) is 0 Å². The second-order valence-corrected chi connectivity index (χ2v) is 8.19. The lowest BCUT2D eigenvalue weighted by molar-refractivity contribution is 0.0324. The molecule has 1 heteroatoms. The average Bonchev–Trinajstić information content (AvgIpc) is 2.64. The van der Waals surface area contributed by atoms with Crippen LogP contribution in [0.25, 0.3) is 0 Å². The molecule has 2 aliphatic carbocycles. The molecule has 2 aliphatic rings. The van der Waals surface area contributed by atoms with Crippen LogP contribution < -0.4 is 0 Å². The molecule has 0 saturated heterocycles. The molecule has 2 rings (SSSR count). The molecule has 0 aromatic carbocycles. The normalized spacial score (nSPS) is 31.4. The maximum Gasteiger partial charge on any atom is 0.0651 e. The molecule has 0 aliphatic heterocycles. The van der Waals surface area contributed by atoms with E-state index in [0.29, 0.717) is 6.10 Å². The third-order valence-corrected chi connectivity index (χ3v) is 6.35. The van der Waals surface area contributed by atoms with Gasteiger partial charge in [0.05, 0.1) is 12.7 Å². The lowest BCUT2D eigenvalue weighted by atomic mass is 9.76. The summed E-state index contributed by atoms with van der Waals surface area (Å²) in [5, 5.41) is 0. The molecule has 0 amide bonds. The molecule has 0 radical (unpaired) electrons. The Morgan fingerprint density at radius 3 is 1.88 bits per heavy atom. The minimum absolute atomic E-state index is 0.531. The van der Waals surface area contributed by atoms with Crippen LogP contribution in [-0.2, 0) is 4.74 Å². The van der Waals surface area contributed by atoms with Crippen molar-refractivity contribution in [3.63, 3.8) is 0 Å². The van der Waals surface area contributed by atoms with Gasteiger partial charge in [0.15, 0.2) is 0 Å². The maximum atomic E-state index is 5.98. The molecule has 0 unspecified atom stereocenters. The molecule has 0 heterocycles. The number of ether oxygens (including phenoxy) is 1. The first kappa shape index (κ1) is 19.8. The minimum atomic E-state index is 0.531. The van der Waals surface area contributed by atoms with Crippen molar-refractivity contribution in [1.82, 2.24) is 0 Å². The predicted octanol–water partition coefficient (Wildman–Crippen LogP) is 7.08. The van der Waals surface area contributed by atoms with Gasteiger partial charge in [0.2, 0.25) is 0 Å². The Morgan fingerprint density at radius 1 is 0.792 bits per heavy atom. The van der Waals surface area contributed by atoms with Crippen LogP contribution in [0.2, 0.25) is 0 Å². The van der Waals surface area contributed by atoms with Crippen molar-refractivity contribution in [2.45, 2.75) is 96.5 Å². The topological polar surface area (TPSA) is 9.23 Å². The van der Waals surface area contributed by atoms with Crippen LogP contribution in [0.1, 0.15) is 90.4 Å². The van der Waals surface area contributed by atoms with Gasteiger partial charge in [0, 0.05) is 0 Å². The van der Waals surface area contributed by atoms with Crippen molar-refractivity contribution in [2.75, 3.05) is 6.61 Å². The van der Waals surface area contributed by atoms with E-state index in [1.54, 1.807) is 0 Å². The summed E-state index contributed by atoms with van der Waals surface area (Å²) in [4.78, 5) is 0. The van der Waals surface area contributed by atoms with Crippen LogP contribution in [0.15, 0.2) is 24.8 Å². The van der Waals surface area contributed by atoms with Gasteiger partial charge in [-0.05, 0) is 62.7 Å². The highest BCUT2D eigenvalue weighted by molar-refractivity contribution is 4.82. The van der Waals surface area contributed by atoms with Gasteiger partial charge in [-0.25, -0.2) is 0 Å². The third-order valence-electron chi connectivity index (χ3n) is 6.35. The Bertz CT molecular complexity index is 343. The Hall–Kier alpha value is -0.560. The summed E-state index contributed by atoms with van der Waals surface area (Å²) in [6.45, 7) is 6.85. The highest BCUT2D eigenvalue weighted by atomic mass is 16.5. The second kappa shape index (κ2) is 11.9. The Morgan fingerprint density at radius 2 is 1.33 bits per heavy atom. The SMILES string of the molecule is C=CCC[C@H]1CC[C@H](CC[C@H]2CC[C@H](OC/C=C/CC)CC2)CC1. The zero-order valence-electron chi connectivity index (χ0n) is 16.1. The van der Waals surface area contributed by atoms with Gasteiger partial charge in [0.25, 0.3) is 0 Å². The van der Waals surface area contributed by atoms with Crippen LogP contribution in [0.5, 0.6) is 0 Å². The molecule has 0 aromatic rings. The molecule has 2 fully saturated rings. The Balaban J connectivity index is 1.52. The van der Waals surface area contributed by atoms with Crippen LogP contribution in [0, 0.1) is 17.8 Å². The Labute approximate surface area is 150 Å². The van der Waals surface area contributed by atoms with Gasteiger partial charge < -0.3 is 4.74 Å². The third kappa shape index (κ3) is 7.55. The molecule has 0 bridgehead atoms. The van der Waals surface area contributed by atoms with E-state index in [9.17, 15) is 0 Å². The van der Waals surface area contributed by atoms with Crippen LogP contribution in [0.3, 0.4) is 0 Å². The van der Waals surface area contributed by atoms with E-state index >= 15 is 0 Å². The van der Waals surface area contributed by atoms with Gasteiger partial charge >= 0.3 is 0 Å². The number of hydrogen-bond donors (Lipinski definition) is 0. The maximum absolute atomic E-state index is 5.98. The first-order valence-corrected chi connectivity index (χ1v) is 10.7. The van der Waals surface area contributed by atoms with E-state index in [-0.39, 0.29) is 0 Å². The van der Waals surface area contributed by atoms with E-state index < -0.39 is 0 Å². The molecule has 0 N–H and O–H groups in total. The molecule has 2 saturated carbocycles. The fraction of sp³-hybridized carbons (Fsp3) is 0.826. The first-order chi connectivity index (χ1) is 11.8. The zero-order chi connectivity index (χ0) is 17.0. The molecule has 24 heavy (non-hydrogen) atoms. The summed E-state index contributed by atoms with van der Waals surface area (Å²) >= 11 is 0. The fourth-order valence-corrected chi connectivity index (χ4v) is 4.65. The highest BCUT2D eigenvalue weighted by Gasteiger charge is 2.24. The van der Waals surface area contributed by atoms with Gasteiger partial charge in [-0.3, -0.25) is 0 Å². The number of rotatable bonds is 10. The van der Waals surface area contributed by atoms with E-state index in [4.69, 9.17) is 4.74 Å². The van der Waals surface area contributed by atoms with Crippen LogP contribution in [-0.4, -0.2) is 12.7 Å². The Kier molecular flexibility index (Phi) is 9.80. The lowest BCUT2D eigenvalue weighted by Gasteiger charge is -2.32. The van der Waals surface area contributed by atoms with Crippen LogP contribution >= 0.6 is 0 Å². The van der Waals surface area contributed by atoms with E-state index in [2.05, 4.69) is 31.7 Å². The van der Waals surface area contributed by atoms with Gasteiger partial charge in [-0.2, -0.15) is 0 Å². The minimum Gasteiger partial charge on any atom is -0.374 e. The monoisotopic (exact) mass is 332 g/mol. The number of allylic oxidation sites excluding steroid dienone is 2. The summed E-state index contributed by atoms with van der Waals surface area (Å²) in [5.41, 5.74) is 0. The van der Waals surface area contributed by atoms with Crippen molar-refractivity contribution < 1.29 is 4.74 Å². The molecule has 1 nitrogen and oxygen atoms in total. The zero-order valence-corrected chi connectivity index (χ0v) is 16.1. The van der Waals surface area contributed by atoms with Crippen molar-refractivity contribution in [3.05, 3.63) is 24.8 Å². The summed E-state index contributed by atoms with van der Waals surface area (Å²) in [5.74, 6) is 3.00. The molecular formula is C23H40O. The predicted molar refractivity (Wildman–Crippen MR) is 105 cm³/mol. The largest absolute Gasteiger partial charge is 0.374 e. The van der Waals surface area contributed by atoms with Crippen molar-refractivity contribution in [2.24, 2.45) is 17.8 Å². The summed E-state index contributed by atoms with van der Waals surface area (Å²) in [6.07, 6.45) is 25.0. The fourth-order valence-electron chi connectivity index (χ4n) is 4.65. The summed E-state index contributed by atoms with van der Waals surface area (Å²) in [7, 11) is 0. The van der Waals surface area contributed by atoms with Gasteiger partial charge in [-0.15, -0.1) is 6.58 Å². The van der Waals surface area contributed by atoms with Gasteiger partial charge in [0.1, 0.15) is 0 Å². The van der Waals surface area contributed by atoms with E-state index in [1.165, 1.54) is 77.0 Å². The first-order valence-electron chi connectivity index (χ1n) is 10.7. The molecule has 0 aromatic heterocycles. The van der Waals surface area contributed by atoms with E-state index in [1.807, 2.05) is 0 Å². The molecule has 0 spiro atoms. The molecular weight excluding hydrogens is 292 g/mol. The smallest absolute Gasteiger partial charge is 0.0651 e.